The number of pyridine rings is 1. The normalized spacial score (nSPS) is 23.2. The van der Waals surface area contributed by atoms with Gasteiger partial charge < -0.3 is 14.0 Å². The summed E-state index contributed by atoms with van der Waals surface area (Å²) in [4.78, 5) is 6.73. The topological polar surface area (TPSA) is 39.5 Å². The van der Waals surface area contributed by atoms with E-state index < -0.39 is 0 Å². The molecule has 0 spiro atoms. The zero-order chi connectivity index (χ0) is 15.5. The second-order valence-electron chi connectivity index (χ2n) is 6.35. The summed E-state index contributed by atoms with van der Waals surface area (Å²) in [7, 11) is 0. The van der Waals surface area contributed by atoms with Crippen molar-refractivity contribution in [3.05, 3.63) is 48.5 Å². The third-order valence-electron chi connectivity index (χ3n) is 4.77. The van der Waals surface area contributed by atoms with Crippen LogP contribution in [0.3, 0.4) is 0 Å². The van der Waals surface area contributed by atoms with Crippen LogP contribution in [0.2, 0.25) is 0 Å². The zero-order valence-corrected chi connectivity index (χ0v) is 13.3. The zero-order valence-electron chi connectivity index (χ0n) is 13.3. The SMILES string of the molecule is c1cncc(O[C@@H]2CN(C3CCOCC3)Cc3cccn3C2)c1. The summed E-state index contributed by atoms with van der Waals surface area (Å²) in [5.74, 6) is 0.847. The molecule has 1 saturated heterocycles. The van der Waals surface area contributed by atoms with Gasteiger partial charge in [0.2, 0.25) is 0 Å². The van der Waals surface area contributed by atoms with Crippen molar-refractivity contribution >= 4 is 0 Å². The fraction of sp³-hybridized carbons (Fsp3) is 0.500. The van der Waals surface area contributed by atoms with Crippen molar-refractivity contribution in [1.29, 1.82) is 0 Å². The molecule has 1 fully saturated rings. The van der Waals surface area contributed by atoms with Gasteiger partial charge >= 0.3 is 0 Å². The molecular formula is C18H23N3O2. The lowest BCUT2D eigenvalue weighted by Crippen LogP contribution is -2.43. The Hall–Kier alpha value is -1.85. The van der Waals surface area contributed by atoms with E-state index in [1.54, 1.807) is 12.4 Å². The molecular weight excluding hydrogens is 290 g/mol. The number of ether oxygens (including phenoxy) is 2. The molecule has 5 nitrogen and oxygen atoms in total. The molecule has 0 radical (unpaired) electrons. The van der Waals surface area contributed by atoms with Crippen LogP contribution in [0.4, 0.5) is 0 Å². The first-order chi connectivity index (χ1) is 11.4. The molecule has 0 bridgehead atoms. The highest BCUT2D eigenvalue weighted by molar-refractivity contribution is 5.16. The van der Waals surface area contributed by atoms with Crippen LogP contribution < -0.4 is 4.74 Å². The van der Waals surface area contributed by atoms with Crippen molar-refractivity contribution in [1.82, 2.24) is 14.5 Å². The van der Waals surface area contributed by atoms with E-state index in [1.807, 2.05) is 12.1 Å². The highest BCUT2D eigenvalue weighted by atomic mass is 16.5. The maximum absolute atomic E-state index is 6.23. The van der Waals surface area contributed by atoms with Crippen LogP contribution in [0.15, 0.2) is 42.9 Å². The first-order valence-corrected chi connectivity index (χ1v) is 8.41. The standard InChI is InChI=1S/C18H23N3O2/c1-4-17(11-19-7-1)23-18-13-20-8-2-3-16(20)12-21(14-18)15-5-9-22-10-6-15/h1-4,7-8,11,15,18H,5-6,9-10,12-14H2/t18-/m0/s1. The fourth-order valence-corrected chi connectivity index (χ4v) is 3.59. The summed E-state index contributed by atoms with van der Waals surface area (Å²) in [6, 6.07) is 8.84. The number of hydrogen-bond acceptors (Lipinski definition) is 4. The Morgan fingerprint density at radius 2 is 2.04 bits per heavy atom. The van der Waals surface area contributed by atoms with Crippen LogP contribution in [-0.2, 0) is 17.8 Å². The number of nitrogens with zero attached hydrogens (tertiary/aromatic N) is 3. The van der Waals surface area contributed by atoms with Gasteiger partial charge in [0.1, 0.15) is 11.9 Å². The van der Waals surface area contributed by atoms with Gasteiger partial charge in [0.15, 0.2) is 0 Å². The van der Waals surface area contributed by atoms with Gasteiger partial charge in [0.25, 0.3) is 0 Å². The molecule has 2 aromatic heterocycles. The third kappa shape index (κ3) is 3.41. The summed E-state index contributed by atoms with van der Waals surface area (Å²) in [6.45, 7) is 4.56. The van der Waals surface area contributed by atoms with Crippen molar-refractivity contribution in [2.45, 2.75) is 38.1 Å². The van der Waals surface area contributed by atoms with E-state index in [2.05, 4.69) is 32.8 Å². The molecule has 2 aliphatic heterocycles. The summed E-state index contributed by atoms with van der Waals surface area (Å²) < 4.78 is 14.1. The Labute approximate surface area is 136 Å². The fourth-order valence-electron chi connectivity index (χ4n) is 3.59. The van der Waals surface area contributed by atoms with Gasteiger partial charge in [-0.1, -0.05) is 0 Å². The van der Waals surface area contributed by atoms with Crippen LogP contribution in [-0.4, -0.2) is 46.4 Å². The van der Waals surface area contributed by atoms with Gasteiger partial charge in [0, 0.05) is 50.4 Å². The Morgan fingerprint density at radius 1 is 1.13 bits per heavy atom. The van der Waals surface area contributed by atoms with E-state index in [0.717, 1.165) is 51.4 Å². The lowest BCUT2D eigenvalue weighted by atomic mass is 10.1. The number of hydrogen-bond donors (Lipinski definition) is 0. The van der Waals surface area contributed by atoms with E-state index >= 15 is 0 Å². The smallest absolute Gasteiger partial charge is 0.138 e. The molecule has 122 valence electrons. The molecule has 4 rings (SSSR count). The van der Waals surface area contributed by atoms with Crippen LogP contribution in [0.1, 0.15) is 18.5 Å². The van der Waals surface area contributed by atoms with Gasteiger partial charge in [-0.3, -0.25) is 9.88 Å². The molecule has 2 aromatic rings. The first-order valence-electron chi connectivity index (χ1n) is 8.41. The molecule has 0 unspecified atom stereocenters. The largest absolute Gasteiger partial charge is 0.486 e. The van der Waals surface area contributed by atoms with Crippen LogP contribution in [0.5, 0.6) is 5.75 Å². The van der Waals surface area contributed by atoms with Gasteiger partial charge in [0.05, 0.1) is 12.7 Å². The maximum atomic E-state index is 6.23. The number of fused-ring (bicyclic) bond motifs is 1. The van der Waals surface area contributed by atoms with Gasteiger partial charge in [-0.25, -0.2) is 0 Å². The quantitative estimate of drug-likeness (QED) is 0.872. The van der Waals surface area contributed by atoms with Crippen molar-refractivity contribution in [2.24, 2.45) is 0 Å². The molecule has 1 atom stereocenters. The van der Waals surface area contributed by atoms with Crippen molar-refractivity contribution in [3.63, 3.8) is 0 Å². The van der Waals surface area contributed by atoms with Crippen molar-refractivity contribution < 1.29 is 9.47 Å². The lowest BCUT2D eigenvalue weighted by molar-refractivity contribution is 0.0171. The van der Waals surface area contributed by atoms with E-state index in [0.29, 0.717) is 6.04 Å². The third-order valence-corrected chi connectivity index (χ3v) is 4.77. The molecule has 2 aliphatic rings. The van der Waals surface area contributed by atoms with Crippen LogP contribution in [0.25, 0.3) is 0 Å². The van der Waals surface area contributed by atoms with Gasteiger partial charge in [-0.2, -0.15) is 0 Å². The summed E-state index contributed by atoms with van der Waals surface area (Å²) >= 11 is 0. The summed E-state index contributed by atoms with van der Waals surface area (Å²) in [6.07, 6.45) is 8.08. The Morgan fingerprint density at radius 3 is 2.87 bits per heavy atom. The first kappa shape index (κ1) is 14.7. The van der Waals surface area contributed by atoms with E-state index in [9.17, 15) is 0 Å². The lowest BCUT2D eigenvalue weighted by Gasteiger charge is -2.34. The average molecular weight is 313 g/mol. The molecule has 0 saturated carbocycles. The molecule has 4 heterocycles. The Bertz CT molecular complexity index is 622. The Kier molecular flexibility index (Phi) is 4.30. The van der Waals surface area contributed by atoms with Crippen LogP contribution >= 0.6 is 0 Å². The van der Waals surface area contributed by atoms with E-state index in [-0.39, 0.29) is 6.10 Å². The minimum absolute atomic E-state index is 0.135. The van der Waals surface area contributed by atoms with Crippen molar-refractivity contribution in [2.75, 3.05) is 19.8 Å². The second kappa shape index (κ2) is 6.72. The van der Waals surface area contributed by atoms with Crippen LogP contribution in [0, 0.1) is 0 Å². The number of aromatic nitrogens is 2. The minimum atomic E-state index is 0.135. The van der Waals surface area contributed by atoms with E-state index in [1.165, 1.54) is 5.69 Å². The molecule has 0 aliphatic carbocycles. The summed E-state index contributed by atoms with van der Waals surface area (Å²) in [5.41, 5.74) is 1.37. The van der Waals surface area contributed by atoms with Crippen molar-refractivity contribution in [3.8, 4) is 5.75 Å². The molecule has 0 aromatic carbocycles. The van der Waals surface area contributed by atoms with E-state index in [4.69, 9.17) is 9.47 Å². The van der Waals surface area contributed by atoms with Gasteiger partial charge in [-0.05, 0) is 37.1 Å². The molecule has 0 N–H and O–H groups in total. The summed E-state index contributed by atoms with van der Waals surface area (Å²) in [5, 5.41) is 0. The Balaban J connectivity index is 1.54. The van der Waals surface area contributed by atoms with Gasteiger partial charge in [-0.15, -0.1) is 0 Å². The maximum Gasteiger partial charge on any atom is 0.138 e. The molecule has 0 amide bonds. The molecule has 5 heteroatoms. The predicted octanol–water partition coefficient (Wildman–Crippen LogP) is 2.33. The monoisotopic (exact) mass is 313 g/mol. The number of rotatable bonds is 3. The average Bonchev–Trinajstić information content (AvgIpc) is 2.95. The highest BCUT2D eigenvalue weighted by Gasteiger charge is 2.28. The molecule has 23 heavy (non-hydrogen) atoms. The minimum Gasteiger partial charge on any atom is -0.486 e. The second-order valence-corrected chi connectivity index (χ2v) is 6.35. The highest BCUT2D eigenvalue weighted by Crippen LogP contribution is 2.23. The predicted molar refractivity (Wildman–Crippen MR) is 87.3 cm³/mol.